The molecule has 0 saturated carbocycles. The maximum Gasteiger partial charge on any atom is 0.348 e. The minimum Gasteiger partial charge on any atom is -0.451 e. The molecule has 1 aliphatic rings. The summed E-state index contributed by atoms with van der Waals surface area (Å²) in [5.41, 5.74) is 2.75. The van der Waals surface area contributed by atoms with Crippen molar-refractivity contribution in [3.05, 3.63) is 37.4 Å². The van der Waals surface area contributed by atoms with Crippen molar-refractivity contribution in [3.63, 3.8) is 0 Å². The van der Waals surface area contributed by atoms with Crippen molar-refractivity contribution >= 4 is 39.6 Å². The molecule has 0 aromatic carbocycles. The lowest BCUT2D eigenvalue weighted by molar-refractivity contribution is -0.119. The zero-order valence-corrected chi connectivity index (χ0v) is 16.4. The molecule has 5 nitrogen and oxygen atoms in total. The Morgan fingerprint density at radius 2 is 2.08 bits per heavy atom. The summed E-state index contributed by atoms with van der Waals surface area (Å²) in [6, 6.07) is 4.03. The van der Waals surface area contributed by atoms with E-state index in [9.17, 15) is 14.9 Å². The second-order valence-corrected chi connectivity index (χ2v) is 8.56. The summed E-state index contributed by atoms with van der Waals surface area (Å²) in [6.07, 6.45) is 4.89. The molecule has 2 aromatic heterocycles. The monoisotopic (exact) mass is 388 g/mol. The van der Waals surface area contributed by atoms with Crippen molar-refractivity contribution in [2.24, 2.45) is 0 Å². The Morgan fingerprint density at radius 3 is 2.77 bits per heavy atom. The molecular formula is C19H20N2O3S2. The fourth-order valence-electron chi connectivity index (χ4n) is 3.11. The first-order chi connectivity index (χ1) is 12.5. The fraction of sp³-hybridized carbons (Fsp3) is 0.421. The van der Waals surface area contributed by atoms with Gasteiger partial charge >= 0.3 is 5.97 Å². The van der Waals surface area contributed by atoms with Gasteiger partial charge < -0.3 is 10.1 Å². The van der Waals surface area contributed by atoms with Gasteiger partial charge in [-0.25, -0.2) is 4.79 Å². The molecule has 1 N–H and O–H groups in total. The maximum absolute atomic E-state index is 12.2. The number of carbonyl (C=O) groups is 2. The van der Waals surface area contributed by atoms with Crippen LogP contribution in [0.2, 0.25) is 0 Å². The van der Waals surface area contributed by atoms with E-state index < -0.39 is 11.9 Å². The van der Waals surface area contributed by atoms with Gasteiger partial charge in [0.1, 0.15) is 15.9 Å². The lowest BCUT2D eigenvalue weighted by atomic mass is 9.96. The third-order valence-electron chi connectivity index (χ3n) is 4.47. The van der Waals surface area contributed by atoms with Gasteiger partial charge in [-0.3, -0.25) is 4.79 Å². The van der Waals surface area contributed by atoms with Crippen LogP contribution in [0.25, 0.3) is 0 Å². The van der Waals surface area contributed by atoms with Crippen LogP contribution in [-0.4, -0.2) is 18.5 Å². The highest BCUT2D eigenvalue weighted by Gasteiger charge is 2.22. The van der Waals surface area contributed by atoms with Gasteiger partial charge in [-0.05, 0) is 56.2 Å². The first-order valence-electron chi connectivity index (χ1n) is 8.64. The molecule has 7 heteroatoms. The Kier molecular flexibility index (Phi) is 5.74. The summed E-state index contributed by atoms with van der Waals surface area (Å²) in [7, 11) is 0. The molecule has 1 amide bonds. The number of anilines is 1. The molecule has 2 heterocycles. The Morgan fingerprint density at radius 1 is 1.31 bits per heavy atom. The van der Waals surface area contributed by atoms with E-state index >= 15 is 0 Å². The van der Waals surface area contributed by atoms with E-state index in [4.69, 9.17) is 4.74 Å². The molecule has 0 fully saturated rings. The lowest BCUT2D eigenvalue weighted by Gasteiger charge is -2.09. The number of carbonyl (C=O) groups excluding carboxylic acids is 2. The zero-order valence-electron chi connectivity index (χ0n) is 14.8. The molecule has 3 rings (SSSR count). The van der Waals surface area contributed by atoms with Crippen molar-refractivity contribution in [1.82, 2.24) is 0 Å². The molecule has 26 heavy (non-hydrogen) atoms. The summed E-state index contributed by atoms with van der Waals surface area (Å²) in [5.74, 6) is -0.906. The van der Waals surface area contributed by atoms with Gasteiger partial charge in [0.15, 0.2) is 6.61 Å². The summed E-state index contributed by atoms with van der Waals surface area (Å²) in [6.45, 7) is 3.64. The van der Waals surface area contributed by atoms with Crippen molar-refractivity contribution < 1.29 is 14.3 Å². The predicted octanol–water partition coefficient (Wildman–Crippen LogP) is 4.23. The number of nitriles is 1. The molecule has 136 valence electrons. The van der Waals surface area contributed by atoms with Crippen LogP contribution < -0.4 is 5.32 Å². The van der Waals surface area contributed by atoms with Crippen molar-refractivity contribution in [3.8, 4) is 6.07 Å². The number of hydrogen-bond donors (Lipinski definition) is 1. The number of rotatable bonds is 5. The van der Waals surface area contributed by atoms with Gasteiger partial charge in [0.25, 0.3) is 5.91 Å². The molecule has 0 saturated heterocycles. The fourth-order valence-corrected chi connectivity index (χ4v) is 5.37. The molecule has 0 radical (unpaired) electrons. The smallest absolute Gasteiger partial charge is 0.348 e. The van der Waals surface area contributed by atoms with Gasteiger partial charge in [0, 0.05) is 9.75 Å². The molecular weight excluding hydrogens is 368 g/mol. The molecule has 2 aromatic rings. The number of esters is 1. The van der Waals surface area contributed by atoms with Gasteiger partial charge in [0.05, 0.1) is 5.56 Å². The maximum atomic E-state index is 12.2. The van der Waals surface area contributed by atoms with E-state index in [0.29, 0.717) is 15.4 Å². The number of thiophene rings is 2. The van der Waals surface area contributed by atoms with Crippen LogP contribution in [0.15, 0.2) is 6.07 Å². The van der Waals surface area contributed by atoms with Gasteiger partial charge in [-0.15, -0.1) is 22.7 Å². The highest BCUT2D eigenvalue weighted by atomic mass is 32.1. The Labute approximate surface area is 160 Å². The Hall–Kier alpha value is -2.17. The number of nitrogens with zero attached hydrogens (tertiary/aromatic N) is 1. The van der Waals surface area contributed by atoms with E-state index in [-0.39, 0.29) is 6.61 Å². The second kappa shape index (κ2) is 8.02. The zero-order chi connectivity index (χ0) is 18.7. The highest BCUT2D eigenvalue weighted by Crippen LogP contribution is 2.37. The molecule has 0 atom stereocenters. The van der Waals surface area contributed by atoms with Crippen LogP contribution in [0.3, 0.4) is 0 Å². The van der Waals surface area contributed by atoms with Crippen LogP contribution in [-0.2, 0) is 28.8 Å². The minimum absolute atomic E-state index is 0.356. The molecule has 0 spiro atoms. The summed E-state index contributed by atoms with van der Waals surface area (Å²) in [5, 5.41) is 12.7. The number of fused-ring (bicyclic) bond motifs is 1. The largest absolute Gasteiger partial charge is 0.451 e. The average molecular weight is 389 g/mol. The van der Waals surface area contributed by atoms with E-state index in [1.807, 2.05) is 19.9 Å². The SMILES string of the molecule is CCc1cc(C(=O)OCC(=O)Nc2sc3c(c2C#N)CCCC3)sc1C. The van der Waals surface area contributed by atoms with E-state index in [1.54, 1.807) is 0 Å². The first-order valence-corrected chi connectivity index (χ1v) is 10.3. The third kappa shape index (κ3) is 3.81. The molecule has 1 aliphatic carbocycles. The Balaban J connectivity index is 1.62. The molecule has 0 bridgehead atoms. The van der Waals surface area contributed by atoms with Crippen LogP contribution in [0.5, 0.6) is 0 Å². The number of hydrogen-bond acceptors (Lipinski definition) is 6. The lowest BCUT2D eigenvalue weighted by Crippen LogP contribution is -2.20. The van der Waals surface area contributed by atoms with Gasteiger partial charge in [-0.1, -0.05) is 6.92 Å². The quantitative estimate of drug-likeness (QED) is 0.778. The van der Waals surface area contributed by atoms with E-state index in [0.717, 1.165) is 48.1 Å². The number of ether oxygens (including phenoxy) is 1. The minimum atomic E-state index is -0.487. The van der Waals surface area contributed by atoms with Crippen molar-refractivity contribution in [2.75, 3.05) is 11.9 Å². The molecule has 0 aliphatic heterocycles. The van der Waals surface area contributed by atoms with Gasteiger partial charge in [-0.2, -0.15) is 5.26 Å². The van der Waals surface area contributed by atoms with Crippen molar-refractivity contribution in [2.45, 2.75) is 46.0 Å². The number of amides is 1. The van der Waals surface area contributed by atoms with Gasteiger partial charge in [0.2, 0.25) is 0 Å². The third-order valence-corrected chi connectivity index (χ3v) is 6.75. The van der Waals surface area contributed by atoms with E-state index in [2.05, 4.69) is 11.4 Å². The predicted molar refractivity (Wildman–Crippen MR) is 103 cm³/mol. The second-order valence-electron chi connectivity index (χ2n) is 6.20. The Bertz CT molecular complexity index is 889. The first kappa shape index (κ1) is 18.6. The highest BCUT2D eigenvalue weighted by molar-refractivity contribution is 7.16. The molecule has 0 unspecified atom stereocenters. The summed E-state index contributed by atoms with van der Waals surface area (Å²) < 4.78 is 5.13. The normalized spacial score (nSPS) is 13.0. The topological polar surface area (TPSA) is 79.2 Å². The average Bonchev–Trinajstić information content (AvgIpc) is 3.19. The number of nitrogens with one attached hydrogen (secondary N) is 1. The number of aryl methyl sites for hydroxylation is 3. The van der Waals surface area contributed by atoms with E-state index in [1.165, 1.54) is 27.6 Å². The van der Waals surface area contributed by atoms with Crippen LogP contribution in [0.1, 0.15) is 55.9 Å². The standard InChI is InChI=1S/C19H20N2O3S2/c1-3-12-8-16(25-11(12)2)19(23)24-10-17(22)21-18-14(9-20)13-6-4-5-7-15(13)26-18/h8H,3-7,10H2,1-2H3,(H,21,22). The summed E-state index contributed by atoms with van der Waals surface area (Å²) >= 11 is 2.84. The van der Waals surface area contributed by atoms with Crippen LogP contribution in [0.4, 0.5) is 5.00 Å². The summed E-state index contributed by atoms with van der Waals surface area (Å²) in [4.78, 5) is 27.1. The van der Waals surface area contributed by atoms with Crippen LogP contribution in [0, 0.1) is 18.3 Å². The van der Waals surface area contributed by atoms with Crippen molar-refractivity contribution in [1.29, 1.82) is 5.26 Å². The van der Waals surface area contributed by atoms with Crippen LogP contribution >= 0.6 is 22.7 Å².